The average Bonchev–Trinajstić information content (AvgIpc) is 2.91. The zero-order chi connectivity index (χ0) is 33.9. The first-order valence-corrected chi connectivity index (χ1v) is 15.0. The van der Waals surface area contributed by atoms with Crippen molar-refractivity contribution in [2.24, 2.45) is 0 Å². The van der Waals surface area contributed by atoms with E-state index in [1.165, 1.54) is 38.4 Å². The van der Waals surface area contributed by atoms with Crippen molar-refractivity contribution >= 4 is 5.97 Å². The van der Waals surface area contributed by atoms with Gasteiger partial charge < -0.3 is 45.2 Å². The number of hydrogen-bond donors (Lipinski definition) is 7. The zero-order valence-corrected chi connectivity index (χ0v) is 27.8. The average molecular weight is 611 g/mol. The molecule has 0 bridgehead atoms. The second-order valence-electron chi connectivity index (χ2n) is 8.08. The van der Waals surface area contributed by atoms with Gasteiger partial charge in [0.05, 0.1) is 12.3 Å². The van der Waals surface area contributed by atoms with Crippen LogP contribution in [0.25, 0.3) is 0 Å². The van der Waals surface area contributed by atoms with Crippen LogP contribution in [0.15, 0.2) is 42.7 Å². The Kier molecular flexibility index (Phi) is 64.3. The van der Waals surface area contributed by atoms with Crippen LogP contribution in [0.2, 0.25) is 0 Å². The summed E-state index contributed by atoms with van der Waals surface area (Å²) < 4.78 is 11.6. The molecule has 0 aliphatic carbocycles. The summed E-state index contributed by atoms with van der Waals surface area (Å²) in [7, 11) is 0. The molecule has 0 heterocycles. The predicted molar refractivity (Wildman–Crippen MR) is 173 cm³/mol. The molecule has 7 N–H and O–H groups in total. The van der Waals surface area contributed by atoms with Crippen molar-refractivity contribution in [3.8, 4) is 5.75 Å². The number of para-hydroxylation sites is 1. The van der Waals surface area contributed by atoms with E-state index in [2.05, 4.69) is 6.92 Å². The Morgan fingerprint density at radius 2 is 1.02 bits per heavy atom. The van der Waals surface area contributed by atoms with Gasteiger partial charge in [-0.15, -0.1) is 0 Å². The van der Waals surface area contributed by atoms with E-state index >= 15 is 0 Å². The molecule has 1 aromatic carbocycles. The van der Waals surface area contributed by atoms with E-state index in [0.29, 0.717) is 12.2 Å². The van der Waals surface area contributed by atoms with Crippen molar-refractivity contribution in [2.45, 2.75) is 113 Å². The van der Waals surface area contributed by atoms with Crippen LogP contribution < -0.4 is 4.74 Å². The highest BCUT2D eigenvalue weighted by atomic mass is 16.7. The Hall–Kier alpha value is -2.21. The lowest BCUT2D eigenvalue weighted by atomic mass is 10.1. The largest absolute Gasteiger partial charge is 0.478 e. The molecule has 0 saturated carbocycles. The number of aliphatic hydroxyl groups is 6. The highest BCUT2D eigenvalue weighted by Crippen LogP contribution is 2.25. The van der Waals surface area contributed by atoms with Gasteiger partial charge in [-0.05, 0) is 60.1 Å². The lowest BCUT2D eigenvalue weighted by Gasteiger charge is -2.30. The Morgan fingerprint density at radius 1 is 0.667 bits per heavy atom. The molecule has 0 radical (unpaired) electrons. The van der Waals surface area contributed by atoms with Crippen LogP contribution in [0.5, 0.6) is 5.75 Å². The van der Waals surface area contributed by atoms with Gasteiger partial charge in [-0.2, -0.15) is 0 Å². The second-order valence-corrected chi connectivity index (χ2v) is 8.08. The number of ether oxygens (including phenoxy) is 2. The van der Waals surface area contributed by atoms with Crippen molar-refractivity contribution in [1.82, 2.24) is 0 Å². The molecule has 1 unspecified atom stereocenters. The highest BCUT2D eigenvalue weighted by molar-refractivity contribution is 5.79. The van der Waals surface area contributed by atoms with E-state index in [4.69, 9.17) is 45.2 Å². The zero-order valence-electron chi connectivity index (χ0n) is 27.8. The van der Waals surface area contributed by atoms with Gasteiger partial charge in [-0.25, -0.2) is 4.79 Å². The number of rotatable bonds is 13. The summed E-state index contributed by atoms with van der Waals surface area (Å²) in [6.07, 6.45) is 11.3. The van der Waals surface area contributed by atoms with Crippen molar-refractivity contribution in [1.29, 1.82) is 0 Å². The SMILES string of the molecule is CCCCCCCCCC(C)(OC=CC(=O)O)Oc1ccccc1.CCO.CCO.CCO.CCO.CCO.CCO. The molecule has 0 saturated heterocycles. The number of hydrogen-bond acceptors (Lipinski definition) is 9. The van der Waals surface area contributed by atoms with E-state index in [-0.39, 0.29) is 39.6 Å². The van der Waals surface area contributed by atoms with Gasteiger partial charge in [0, 0.05) is 53.0 Å². The Morgan fingerprint density at radius 3 is 1.38 bits per heavy atom. The molecule has 0 spiro atoms. The molecule has 0 amide bonds. The predicted octanol–water partition coefficient (Wildman–Crippen LogP) is 5.53. The Labute approximate surface area is 256 Å². The maximum atomic E-state index is 10.6. The van der Waals surface area contributed by atoms with Crippen LogP contribution in [0, 0.1) is 0 Å². The van der Waals surface area contributed by atoms with Crippen molar-refractivity contribution in [2.75, 3.05) is 39.6 Å². The van der Waals surface area contributed by atoms with E-state index in [9.17, 15) is 4.79 Å². The molecule has 0 aliphatic heterocycles. The van der Waals surface area contributed by atoms with Gasteiger partial charge in [0.1, 0.15) is 5.75 Å². The fourth-order valence-electron chi connectivity index (χ4n) is 2.51. The highest BCUT2D eigenvalue weighted by Gasteiger charge is 2.26. The summed E-state index contributed by atoms with van der Waals surface area (Å²) in [5, 5.41) is 54.1. The normalized spacial score (nSPS) is 10.3. The minimum atomic E-state index is -1.03. The standard InChI is InChI=1S/C20H30O4.6C2H6O/c1-3-4-5-6-7-8-12-16-20(2,23-17-15-19(21)22)24-18-13-10-9-11-14-18;6*1-2-3/h9-11,13-15,17H,3-8,12,16H2,1-2H3,(H,21,22);6*3H,2H2,1H3. The van der Waals surface area contributed by atoms with Gasteiger partial charge in [-0.1, -0.05) is 63.6 Å². The monoisotopic (exact) mass is 610 g/mol. The van der Waals surface area contributed by atoms with E-state index in [0.717, 1.165) is 18.9 Å². The van der Waals surface area contributed by atoms with Gasteiger partial charge in [0.15, 0.2) is 0 Å². The first-order valence-electron chi connectivity index (χ1n) is 15.0. The van der Waals surface area contributed by atoms with Crippen LogP contribution in [0.1, 0.15) is 107 Å². The fraction of sp³-hybridized carbons (Fsp3) is 0.719. The third kappa shape index (κ3) is 66.2. The number of aliphatic carboxylic acids is 1. The molecule has 254 valence electrons. The van der Waals surface area contributed by atoms with E-state index < -0.39 is 11.8 Å². The summed E-state index contributed by atoms with van der Waals surface area (Å²) in [5.41, 5.74) is 0. The lowest BCUT2D eigenvalue weighted by Crippen LogP contribution is -2.34. The van der Waals surface area contributed by atoms with E-state index in [1.54, 1.807) is 41.5 Å². The van der Waals surface area contributed by atoms with Crippen molar-refractivity contribution < 1.29 is 50.0 Å². The molecule has 0 aromatic heterocycles. The van der Waals surface area contributed by atoms with Gasteiger partial charge in [0.2, 0.25) is 5.79 Å². The minimum absolute atomic E-state index is 0.250. The molecule has 1 aromatic rings. The van der Waals surface area contributed by atoms with Crippen LogP contribution >= 0.6 is 0 Å². The number of carboxylic acid groups (broad SMARTS) is 1. The molecule has 42 heavy (non-hydrogen) atoms. The first kappa shape index (κ1) is 52.4. The summed E-state index contributed by atoms with van der Waals surface area (Å²) in [6.45, 7) is 15.7. The van der Waals surface area contributed by atoms with Crippen molar-refractivity contribution in [3.63, 3.8) is 0 Å². The van der Waals surface area contributed by atoms with Gasteiger partial charge in [0.25, 0.3) is 0 Å². The first-order chi connectivity index (χ1) is 20.0. The maximum absolute atomic E-state index is 10.6. The summed E-state index contributed by atoms with van der Waals surface area (Å²) in [6, 6.07) is 9.46. The van der Waals surface area contributed by atoms with Crippen LogP contribution in [0.3, 0.4) is 0 Å². The lowest BCUT2D eigenvalue weighted by molar-refractivity contribution is -0.138. The van der Waals surface area contributed by atoms with Crippen LogP contribution in [0.4, 0.5) is 0 Å². The number of carboxylic acids is 1. The molecule has 1 rings (SSSR count). The van der Waals surface area contributed by atoms with Crippen LogP contribution in [-0.2, 0) is 9.53 Å². The van der Waals surface area contributed by atoms with Crippen LogP contribution in [-0.4, -0.2) is 87.1 Å². The molecular formula is C32H66O10. The minimum Gasteiger partial charge on any atom is -0.478 e. The number of carbonyl (C=O) groups is 1. The van der Waals surface area contributed by atoms with Crippen molar-refractivity contribution in [3.05, 3.63) is 42.7 Å². The van der Waals surface area contributed by atoms with Gasteiger partial charge >= 0.3 is 5.97 Å². The molecule has 0 fully saturated rings. The summed E-state index contributed by atoms with van der Waals surface area (Å²) in [4.78, 5) is 10.6. The Bertz CT molecular complexity index is 570. The fourth-order valence-corrected chi connectivity index (χ4v) is 2.51. The molecule has 0 aliphatic rings. The topological polar surface area (TPSA) is 177 Å². The smallest absolute Gasteiger partial charge is 0.331 e. The molecular weight excluding hydrogens is 544 g/mol. The Balaban J connectivity index is -0.000000148. The molecule has 1 atom stereocenters. The quantitative estimate of drug-likeness (QED) is 0.0650. The summed E-state index contributed by atoms with van der Waals surface area (Å²) in [5.74, 6) is -1.18. The third-order valence-electron chi connectivity index (χ3n) is 3.84. The molecule has 10 nitrogen and oxygen atoms in total. The second kappa shape index (κ2) is 51.5. The number of unbranched alkanes of at least 4 members (excludes halogenated alkanes) is 6. The third-order valence-corrected chi connectivity index (χ3v) is 3.84. The maximum Gasteiger partial charge on any atom is 0.331 e. The van der Waals surface area contributed by atoms with E-state index in [1.807, 2.05) is 37.3 Å². The number of benzene rings is 1. The summed E-state index contributed by atoms with van der Waals surface area (Å²) >= 11 is 0. The number of aliphatic hydroxyl groups excluding tert-OH is 6. The molecule has 10 heteroatoms. The van der Waals surface area contributed by atoms with Gasteiger partial charge in [-0.3, -0.25) is 0 Å².